The van der Waals surface area contributed by atoms with Crippen LogP contribution in [0.3, 0.4) is 0 Å². The summed E-state index contributed by atoms with van der Waals surface area (Å²) >= 11 is 0. The van der Waals surface area contributed by atoms with E-state index in [2.05, 4.69) is 16.9 Å². The summed E-state index contributed by atoms with van der Waals surface area (Å²) in [4.78, 5) is 22.0. The maximum absolute atomic E-state index is 13.1. The van der Waals surface area contributed by atoms with Gasteiger partial charge in [0.25, 0.3) is 5.91 Å². The van der Waals surface area contributed by atoms with E-state index in [0.717, 1.165) is 30.9 Å². The number of methoxy groups -OCH3 is 1. The van der Waals surface area contributed by atoms with Crippen LogP contribution in [0.2, 0.25) is 0 Å². The Bertz CT molecular complexity index is 1050. The molecular formula is C22H23N3O3. The van der Waals surface area contributed by atoms with Crippen molar-refractivity contribution in [3.8, 4) is 17.2 Å². The summed E-state index contributed by atoms with van der Waals surface area (Å²) in [7, 11) is 3.80. The summed E-state index contributed by atoms with van der Waals surface area (Å²) in [5, 5.41) is 0. The first kappa shape index (κ1) is 17.3. The van der Waals surface area contributed by atoms with Gasteiger partial charge in [0.05, 0.1) is 7.11 Å². The first-order valence-corrected chi connectivity index (χ1v) is 9.64. The highest BCUT2D eigenvalue weighted by atomic mass is 16.5. The number of aromatic nitrogens is 1. The van der Waals surface area contributed by atoms with Crippen molar-refractivity contribution in [1.29, 1.82) is 0 Å². The summed E-state index contributed by atoms with van der Waals surface area (Å²) < 4.78 is 11.2. The SMILES string of the molecule is COc1cccc(-c2nc3cc(C(=O)N4CCN(C)C5(CC5)C4)ccc3o2)c1. The molecule has 6 nitrogen and oxygen atoms in total. The monoisotopic (exact) mass is 377 g/mol. The number of carbonyl (C=O) groups is 1. The van der Waals surface area contributed by atoms with Crippen LogP contribution in [0.5, 0.6) is 5.75 Å². The Morgan fingerprint density at radius 3 is 2.82 bits per heavy atom. The van der Waals surface area contributed by atoms with Crippen molar-refractivity contribution in [2.45, 2.75) is 18.4 Å². The van der Waals surface area contributed by atoms with E-state index in [-0.39, 0.29) is 11.4 Å². The van der Waals surface area contributed by atoms with E-state index in [4.69, 9.17) is 9.15 Å². The minimum absolute atomic E-state index is 0.0761. The number of rotatable bonds is 3. The number of benzene rings is 2. The first-order chi connectivity index (χ1) is 13.6. The lowest BCUT2D eigenvalue weighted by Gasteiger charge is -2.40. The Morgan fingerprint density at radius 2 is 2.04 bits per heavy atom. The second-order valence-electron chi connectivity index (χ2n) is 7.81. The average Bonchev–Trinajstić information content (AvgIpc) is 3.37. The van der Waals surface area contributed by atoms with Crippen molar-refractivity contribution in [3.05, 3.63) is 48.0 Å². The fourth-order valence-electron chi connectivity index (χ4n) is 4.04. The van der Waals surface area contributed by atoms with E-state index in [1.54, 1.807) is 7.11 Å². The van der Waals surface area contributed by atoms with Crippen LogP contribution in [0.15, 0.2) is 46.9 Å². The molecule has 2 aromatic carbocycles. The Balaban J connectivity index is 1.42. The van der Waals surface area contributed by atoms with Gasteiger partial charge >= 0.3 is 0 Å². The van der Waals surface area contributed by atoms with E-state index in [0.29, 0.717) is 22.6 Å². The molecule has 0 radical (unpaired) electrons. The maximum Gasteiger partial charge on any atom is 0.254 e. The molecule has 0 atom stereocenters. The first-order valence-electron chi connectivity index (χ1n) is 9.64. The van der Waals surface area contributed by atoms with Crippen LogP contribution in [-0.2, 0) is 0 Å². The number of carbonyl (C=O) groups excluding carboxylic acids is 1. The molecule has 0 N–H and O–H groups in total. The van der Waals surface area contributed by atoms with Gasteiger partial charge in [-0.2, -0.15) is 0 Å². The van der Waals surface area contributed by atoms with Crippen LogP contribution in [0, 0.1) is 0 Å². The molecule has 144 valence electrons. The summed E-state index contributed by atoms with van der Waals surface area (Å²) in [5.41, 5.74) is 3.09. The highest BCUT2D eigenvalue weighted by Gasteiger charge is 2.50. The van der Waals surface area contributed by atoms with Crippen LogP contribution in [0.1, 0.15) is 23.2 Å². The Kier molecular flexibility index (Phi) is 3.91. The Hall–Kier alpha value is -2.86. The van der Waals surface area contributed by atoms with Gasteiger partial charge in [0, 0.05) is 36.3 Å². The number of fused-ring (bicyclic) bond motifs is 1. The van der Waals surface area contributed by atoms with Crippen LogP contribution in [0.25, 0.3) is 22.6 Å². The molecule has 0 bridgehead atoms. The molecule has 0 unspecified atom stereocenters. The third-order valence-electron chi connectivity index (χ3n) is 6.07. The van der Waals surface area contributed by atoms with Crippen molar-refractivity contribution < 1.29 is 13.9 Å². The second-order valence-corrected chi connectivity index (χ2v) is 7.81. The van der Waals surface area contributed by atoms with Crippen LogP contribution in [-0.4, -0.2) is 60.0 Å². The van der Waals surface area contributed by atoms with Gasteiger partial charge in [0.1, 0.15) is 11.3 Å². The van der Waals surface area contributed by atoms with Crippen molar-refractivity contribution in [2.24, 2.45) is 0 Å². The normalized spacial score (nSPS) is 18.6. The van der Waals surface area contributed by atoms with Gasteiger partial charge in [-0.1, -0.05) is 6.07 Å². The summed E-state index contributed by atoms with van der Waals surface area (Å²) in [6.07, 6.45) is 2.36. The largest absolute Gasteiger partial charge is 0.497 e. The van der Waals surface area contributed by atoms with Crippen molar-refractivity contribution in [1.82, 2.24) is 14.8 Å². The molecule has 1 saturated carbocycles. The lowest BCUT2D eigenvalue weighted by atomic mass is 10.1. The Morgan fingerprint density at radius 1 is 1.18 bits per heavy atom. The van der Waals surface area contributed by atoms with E-state index in [9.17, 15) is 4.79 Å². The molecule has 1 amide bonds. The number of hydrogen-bond acceptors (Lipinski definition) is 5. The third-order valence-corrected chi connectivity index (χ3v) is 6.07. The molecule has 1 saturated heterocycles. The number of amides is 1. The van der Waals surface area contributed by atoms with Gasteiger partial charge in [-0.05, 0) is 56.3 Å². The highest BCUT2D eigenvalue weighted by Crippen LogP contribution is 2.43. The maximum atomic E-state index is 13.1. The lowest BCUT2D eigenvalue weighted by Crippen LogP contribution is -2.54. The zero-order chi connectivity index (χ0) is 19.3. The number of ether oxygens (including phenoxy) is 1. The average molecular weight is 377 g/mol. The second kappa shape index (κ2) is 6.34. The van der Waals surface area contributed by atoms with Crippen molar-refractivity contribution >= 4 is 17.0 Å². The molecule has 3 aromatic rings. The molecule has 1 spiro atoms. The lowest BCUT2D eigenvalue weighted by molar-refractivity contribution is 0.0497. The number of hydrogen-bond donors (Lipinski definition) is 0. The van der Waals surface area contributed by atoms with E-state index in [1.807, 2.05) is 47.4 Å². The zero-order valence-corrected chi connectivity index (χ0v) is 16.1. The summed E-state index contributed by atoms with van der Waals surface area (Å²) in [6, 6.07) is 13.1. The van der Waals surface area contributed by atoms with Crippen molar-refractivity contribution in [3.63, 3.8) is 0 Å². The Labute approximate surface area is 163 Å². The van der Waals surface area contributed by atoms with Crippen LogP contribution < -0.4 is 4.74 Å². The van der Waals surface area contributed by atoms with Crippen LogP contribution >= 0.6 is 0 Å². The molecule has 2 aliphatic rings. The number of oxazole rings is 1. The quantitative estimate of drug-likeness (QED) is 0.700. The van der Waals surface area contributed by atoms with Gasteiger partial charge in [-0.15, -0.1) is 0 Å². The van der Waals surface area contributed by atoms with Gasteiger partial charge in [0.2, 0.25) is 5.89 Å². The summed E-state index contributed by atoms with van der Waals surface area (Å²) in [6.45, 7) is 2.51. The number of piperazine rings is 1. The van der Waals surface area contributed by atoms with Gasteiger partial charge in [0.15, 0.2) is 5.58 Å². The fourth-order valence-corrected chi connectivity index (χ4v) is 4.04. The minimum atomic E-state index is 0.0761. The smallest absolute Gasteiger partial charge is 0.254 e. The minimum Gasteiger partial charge on any atom is -0.497 e. The molecule has 28 heavy (non-hydrogen) atoms. The standard InChI is InChI=1S/C22H23N3O3/c1-24-10-11-25(14-22(24)8-9-22)21(26)16-6-7-19-18(13-16)23-20(28-19)15-4-3-5-17(12-15)27-2/h3-7,12-13H,8-11,14H2,1-2H3. The van der Waals surface area contributed by atoms with Gasteiger partial charge < -0.3 is 14.1 Å². The molecule has 2 fully saturated rings. The topological polar surface area (TPSA) is 58.8 Å². The predicted molar refractivity (Wildman–Crippen MR) is 106 cm³/mol. The van der Waals surface area contributed by atoms with Crippen molar-refractivity contribution in [2.75, 3.05) is 33.8 Å². The molecule has 1 aromatic heterocycles. The van der Waals surface area contributed by atoms with Crippen LogP contribution in [0.4, 0.5) is 0 Å². The molecule has 1 aliphatic heterocycles. The molecule has 1 aliphatic carbocycles. The molecular weight excluding hydrogens is 354 g/mol. The third kappa shape index (κ3) is 2.85. The predicted octanol–water partition coefficient (Wildman–Crippen LogP) is 3.42. The van der Waals surface area contributed by atoms with E-state index < -0.39 is 0 Å². The summed E-state index contributed by atoms with van der Waals surface area (Å²) in [5.74, 6) is 1.35. The van der Waals surface area contributed by atoms with E-state index >= 15 is 0 Å². The van der Waals surface area contributed by atoms with Gasteiger partial charge in [-0.3, -0.25) is 9.69 Å². The molecule has 5 rings (SSSR count). The van der Waals surface area contributed by atoms with Gasteiger partial charge in [-0.25, -0.2) is 4.98 Å². The zero-order valence-electron chi connectivity index (χ0n) is 16.1. The van der Waals surface area contributed by atoms with E-state index in [1.165, 1.54) is 12.8 Å². The molecule has 6 heteroatoms. The number of likely N-dealkylation sites (N-methyl/N-ethyl adjacent to an activating group) is 1. The molecule has 2 heterocycles. The fraction of sp³-hybridized carbons (Fsp3) is 0.364. The highest BCUT2D eigenvalue weighted by molar-refractivity contribution is 5.97. The number of nitrogens with zero attached hydrogens (tertiary/aromatic N) is 3.